The van der Waals surface area contributed by atoms with Crippen molar-refractivity contribution < 1.29 is 8.42 Å². The lowest BCUT2D eigenvalue weighted by Crippen LogP contribution is -2.33. The maximum atomic E-state index is 11.8. The van der Waals surface area contributed by atoms with Crippen molar-refractivity contribution in [2.75, 3.05) is 12.5 Å². The molecule has 2 rings (SSSR count). The summed E-state index contributed by atoms with van der Waals surface area (Å²) in [6, 6.07) is 5.49. The van der Waals surface area contributed by atoms with Crippen molar-refractivity contribution >= 4 is 33.2 Å². The molecule has 0 radical (unpaired) electrons. The summed E-state index contributed by atoms with van der Waals surface area (Å²) < 4.78 is 23.7. The molecule has 0 amide bonds. The molecule has 0 aliphatic heterocycles. The van der Waals surface area contributed by atoms with E-state index in [1.54, 1.807) is 18.2 Å². The van der Waals surface area contributed by atoms with Crippen molar-refractivity contribution in [3.8, 4) is 0 Å². The first-order valence-electron chi connectivity index (χ1n) is 6.67. The predicted octanol–water partition coefficient (Wildman–Crippen LogP) is 3.12. The second-order valence-electron chi connectivity index (χ2n) is 5.18. The molecule has 1 aromatic rings. The summed E-state index contributed by atoms with van der Waals surface area (Å²) in [5.41, 5.74) is 0.684. The van der Waals surface area contributed by atoms with Gasteiger partial charge in [-0.25, -0.2) is 8.42 Å². The van der Waals surface area contributed by atoms with E-state index in [0.717, 1.165) is 6.42 Å². The number of rotatable bonds is 5. The van der Waals surface area contributed by atoms with E-state index in [1.165, 1.54) is 19.1 Å². The highest BCUT2D eigenvalue weighted by atomic mass is 35.5. The smallest absolute Gasteiger partial charge is 0.175 e. The lowest BCUT2D eigenvalue weighted by atomic mass is 10.2. The molecule has 0 saturated heterocycles. The van der Waals surface area contributed by atoms with Crippen LogP contribution in [-0.2, 0) is 16.4 Å². The van der Waals surface area contributed by atoms with Crippen molar-refractivity contribution in [1.29, 1.82) is 0 Å². The van der Waals surface area contributed by atoms with E-state index in [9.17, 15) is 8.42 Å². The maximum absolute atomic E-state index is 11.8. The van der Waals surface area contributed by atoms with Crippen molar-refractivity contribution in [3.05, 3.63) is 28.8 Å². The van der Waals surface area contributed by atoms with Crippen LogP contribution in [0.25, 0.3) is 0 Å². The van der Waals surface area contributed by atoms with Crippen molar-refractivity contribution in [3.63, 3.8) is 0 Å². The first-order chi connectivity index (χ1) is 9.43. The zero-order chi connectivity index (χ0) is 14.8. The Morgan fingerprint density at radius 1 is 1.40 bits per heavy atom. The van der Waals surface area contributed by atoms with E-state index in [4.69, 9.17) is 11.6 Å². The van der Waals surface area contributed by atoms with Gasteiger partial charge in [-0.05, 0) is 31.2 Å². The maximum Gasteiger partial charge on any atom is 0.175 e. The van der Waals surface area contributed by atoms with Crippen LogP contribution in [-0.4, -0.2) is 32.2 Å². The molecule has 2 unspecified atom stereocenters. The van der Waals surface area contributed by atoms with Crippen molar-refractivity contribution in [1.82, 2.24) is 5.32 Å². The topological polar surface area (TPSA) is 46.2 Å². The van der Waals surface area contributed by atoms with E-state index >= 15 is 0 Å². The van der Waals surface area contributed by atoms with Crippen LogP contribution in [0, 0.1) is 0 Å². The summed E-state index contributed by atoms with van der Waals surface area (Å²) in [6.07, 6.45) is 6.94. The van der Waals surface area contributed by atoms with E-state index in [-0.39, 0.29) is 0 Å². The van der Waals surface area contributed by atoms with Crippen LogP contribution >= 0.6 is 23.4 Å². The Hall–Kier alpha value is -0.230. The largest absolute Gasteiger partial charge is 0.309 e. The lowest BCUT2D eigenvalue weighted by Gasteiger charge is -2.20. The van der Waals surface area contributed by atoms with Crippen LogP contribution < -0.4 is 5.32 Å². The third kappa shape index (κ3) is 3.70. The lowest BCUT2D eigenvalue weighted by molar-refractivity contribution is 0.528. The fourth-order valence-electron chi connectivity index (χ4n) is 2.73. The summed E-state index contributed by atoms with van der Waals surface area (Å²) in [6.45, 7) is 0.504. The van der Waals surface area contributed by atoms with Gasteiger partial charge in [-0.2, -0.15) is 11.8 Å². The molecule has 6 heteroatoms. The average Bonchev–Trinajstić information content (AvgIpc) is 2.83. The van der Waals surface area contributed by atoms with Crippen LogP contribution in [0.3, 0.4) is 0 Å². The Bertz CT molecular complexity index is 575. The van der Waals surface area contributed by atoms with Gasteiger partial charge in [-0.1, -0.05) is 24.1 Å². The van der Waals surface area contributed by atoms with Crippen LogP contribution in [0.4, 0.5) is 0 Å². The molecule has 112 valence electrons. The zero-order valence-electron chi connectivity index (χ0n) is 11.7. The monoisotopic (exact) mass is 333 g/mol. The first-order valence-corrected chi connectivity index (χ1v) is 10.2. The van der Waals surface area contributed by atoms with Gasteiger partial charge in [-0.3, -0.25) is 0 Å². The van der Waals surface area contributed by atoms with Gasteiger partial charge in [0.25, 0.3) is 0 Å². The molecule has 1 saturated carbocycles. The standard InChI is InChI=1S/C14H20ClNO2S2/c1-19-13-7-4-6-12(13)16-9-10-11(15)5-3-8-14(10)20(2,17)18/h3,5,8,12-13,16H,4,6-7,9H2,1-2H3. The summed E-state index contributed by atoms with van der Waals surface area (Å²) in [7, 11) is -3.25. The highest BCUT2D eigenvalue weighted by molar-refractivity contribution is 7.99. The highest BCUT2D eigenvalue weighted by Gasteiger charge is 2.26. The minimum atomic E-state index is -3.25. The van der Waals surface area contributed by atoms with Gasteiger partial charge < -0.3 is 5.32 Å². The number of hydrogen-bond donors (Lipinski definition) is 1. The first kappa shape index (κ1) is 16.1. The Morgan fingerprint density at radius 2 is 2.15 bits per heavy atom. The highest BCUT2D eigenvalue weighted by Crippen LogP contribution is 2.30. The second kappa shape index (κ2) is 6.69. The SMILES string of the molecule is CSC1CCCC1NCc1c(Cl)cccc1S(C)(=O)=O. The van der Waals surface area contributed by atoms with Crippen LogP contribution in [0.15, 0.2) is 23.1 Å². The fraction of sp³-hybridized carbons (Fsp3) is 0.571. The number of hydrogen-bond acceptors (Lipinski definition) is 4. The molecule has 0 aromatic heterocycles. The average molecular weight is 334 g/mol. The molecule has 0 spiro atoms. The Labute approximate surface area is 130 Å². The predicted molar refractivity (Wildman–Crippen MR) is 86.3 cm³/mol. The Morgan fingerprint density at radius 3 is 2.80 bits per heavy atom. The van der Waals surface area contributed by atoms with Crippen molar-refractivity contribution in [2.24, 2.45) is 0 Å². The normalized spacial score (nSPS) is 23.1. The molecule has 20 heavy (non-hydrogen) atoms. The summed E-state index contributed by atoms with van der Waals surface area (Å²) in [5.74, 6) is 0. The second-order valence-corrected chi connectivity index (χ2v) is 8.65. The van der Waals surface area contributed by atoms with E-state index in [0.29, 0.717) is 33.3 Å². The van der Waals surface area contributed by atoms with Crippen LogP contribution in [0.5, 0.6) is 0 Å². The summed E-state index contributed by atoms with van der Waals surface area (Å²) in [5, 5.41) is 4.61. The molecule has 1 aliphatic carbocycles. The van der Waals surface area contributed by atoms with E-state index in [2.05, 4.69) is 11.6 Å². The van der Waals surface area contributed by atoms with E-state index in [1.807, 2.05) is 11.8 Å². The quantitative estimate of drug-likeness (QED) is 0.899. The molecule has 0 bridgehead atoms. The number of halogens is 1. The number of benzene rings is 1. The number of nitrogens with one attached hydrogen (secondary N) is 1. The van der Waals surface area contributed by atoms with Gasteiger partial charge in [0.2, 0.25) is 0 Å². The molecular weight excluding hydrogens is 314 g/mol. The van der Waals surface area contributed by atoms with Crippen LogP contribution in [0.2, 0.25) is 5.02 Å². The summed E-state index contributed by atoms with van der Waals surface area (Å²) >= 11 is 8.06. The molecule has 1 N–H and O–H groups in total. The Balaban J connectivity index is 2.17. The van der Waals surface area contributed by atoms with Gasteiger partial charge >= 0.3 is 0 Å². The summed E-state index contributed by atoms with van der Waals surface area (Å²) in [4.78, 5) is 0.330. The molecule has 1 aliphatic rings. The molecule has 1 aromatic carbocycles. The number of thioether (sulfide) groups is 1. The third-order valence-electron chi connectivity index (χ3n) is 3.77. The van der Waals surface area contributed by atoms with Gasteiger partial charge in [0.15, 0.2) is 9.84 Å². The van der Waals surface area contributed by atoms with Gasteiger partial charge in [-0.15, -0.1) is 0 Å². The molecular formula is C14H20ClNO2S2. The molecule has 3 nitrogen and oxygen atoms in total. The minimum Gasteiger partial charge on any atom is -0.309 e. The zero-order valence-corrected chi connectivity index (χ0v) is 14.1. The number of sulfone groups is 1. The fourth-order valence-corrected chi connectivity index (χ4v) is 4.95. The van der Waals surface area contributed by atoms with Crippen LogP contribution in [0.1, 0.15) is 24.8 Å². The van der Waals surface area contributed by atoms with Crippen molar-refractivity contribution in [2.45, 2.75) is 42.0 Å². The van der Waals surface area contributed by atoms with Gasteiger partial charge in [0.05, 0.1) is 4.90 Å². The minimum absolute atomic E-state index is 0.330. The van der Waals surface area contributed by atoms with Gasteiger partial charge in [0, 0.05) is 34.7 Å². The molecule has 0 heterocycles. The van der Waals surface area contributed by atoms with Gasteiger partial charge in [0.1, 0.15) is 0 Å². The molecule has 2 atom stereocenters. The molecule has 1 fully saturated rings. The Kier molecular flexibility index (Phi) is 5.40. The third-order valence-corrected chi connectivity index (χ3v) is 6.48. The van der Waals surface area contributed by atoms with E-state index < -0.39 is 9.84 Å².